The van der Waals surface area contributed by atoms with Crippen molar-refractivity contribution < 1.29 is 14.3 Å². The number of hydrogen-bond donors (Lipinski definition) is 3. The van der Waals surface area contributed by atoms with E-state index in [1.807, 2.05) is 54.6 Å². The highest BCUT2D eigenvalue weighted by molar-refractivity contribution is 5.89. The lowest BCUT2D eigenvalue weighted by molar-refractivity contribution is 0.103. The number of hydrogen-bond acceptors (Lipinski definition) is 6. The fourth-order valence-electron chi connectivity index (χ4n) is 5.65. The van der Waals surface area contributed by atoms with Crippen LogP contribution in [-0.2, 0) is 6.54 Å². The van der Waals surface area contributed by atoms with Crippen molar-refractivity contribution in [3.63, 3.8) is 0 Å². The Balaban J connectivity index is 1.09. The number of nitrogens with one attached hydrogen (secondary N) is 3. The molecule has 1 aliphatic rings. The number of pyridine rings is 1. The second-order valence-corrected chi connectivity index (χ2v) is 12.2. The molecule has 0 bridgehead atoms. The molecular weight excluding hydrogens is 556 g/mol. The second kappa shape index (κ2) is 12.8. The van der Waals surface area contributed by atoms with Gasteiger partial charge in [0.2, 0.25) is 0 Å². The molecular formula is C34H38N6O4. The molecule has 5 aromatic rings. The molecule has 2 aromatic carbocycles. The molecule has 6 rings (SSSR count). The molecule has 0 unspecified atom stereocenters. The number of fused-ring (bicyclic) bond motifs is 1. The summed E-state index contributed by atoms with van der Waals surface area (Å²) in [4.78, 5) is 33.9. The number of nitrogens with zero attached hydrogens (tertiary/aromatic N) is 3. The molecule has 1 amide bonds. The van der Waals surface area contributed by atoms with Gasteiger partial charge in [-0.2, -0.15) is 5.10 Å². The zero-order valence-electron chi connectivity index (χ0n) is 25.1. The van der Waals surface area contributed by atoms with E-state index in [2.05, 4.69) is 39.1 Å². The lowest BCUT2D eigenvalue weighted by atomic mass is 9.93. The van der Waals surface area contributed by atoms with Crippen molar-refractivity contribution in [3.05, 3.63) is 95.2 Å². The third kappa shape index (κ3) is 7.38. The first kappa shape index (κ1) is 29.3. The monoisotopic (exact) mass is 594 g/mol. The average molecular weight is 595 g/mol. The van der Waals surface area contributed by atoms with Gasteiger partial charge in [0.15, 0.2) is 5.75 Å². The highest BCUT2D eigenvalue weighted by Crippen LogP contribution is 2.28. The highest BCUT2D eigenvalue weighted by Gasteiger charge is 2.24. The molecule has 0 aliphatic carbocycles. The normalized spacial score (nSPS) is 14.0. The van der Waals surface area contributed by atoms with E-state index in [0.29, 0.717) is 35.8 Å². The maximum absolute atomic E-state index is 12.8. The summed E-state index contributed by atoms with van der Waals surface area (Å²) in [5, 5.41) is 7.87. The van der Waals surface area contributed by atoms with Gasteiger partial charge < -0.3 is 24.3 Å². The van der Waals surface area contributed by atoms with Crippen molar-refractivity contribution in [2.75, 3.05) is 31.6 Å². The number of aromatic nitrogens is 4. The summed E-state index contributed by atoms with van der Waals surface area (Å²) in [6.07, 6.45) is 7.76. The van der Waals surface area contributed by atoms with Gasteiger partial charge in [-0.25, -0.2) is 4.79 Å². The minimum atomic E-state index is -0.691. The van der Waals surface area contributed by atoms with Crippen LogP contribution in [0.5, 0.6) is 11.5 Å². The number of rotatable bonds is 10. The molecule has 1 saturated heterocycles. The first-order valence-corrected chi connectivity index (χ1v) is 15.1. The minimum absolute atomic E-state index is 0.0279. The van der Waals surface area contributed by atoms with E-state index < -0.39 is 6.09 Å². The van der Waals surface area contributed by atoms with Crippen LogP contribution in [0.1, 0.15) is 38.7 Å². The molecule has 3 aromatic heterocycles. The molecule has 1 aliphatic heterocycles. The number of ether oxygens (including phenoxy) is 2. The van der Waals surface area contributed by atoms with Gasteiger partial charge in [-0.15, -0.1) is 0 Å². The van der Waals surface area contributed by atoms with Crippen molar-refractivity contribution >= 4 is 22.7 Å². The first-order chi connectivity index (χ1) is 21.3. The summed E-state index contributed by atoms with van der Waals surface area (Å²) in [5.74, 6) is 1.10. The van der Waals surface area contributed by atoms with Gasteiger partial charge >= 0.3 is 6.09 Å². The summed E-state index contributed by atoms with van der Waals surface area (Å²) in [6.45, 7) is 9.02. The fourth-order valence-corrected chi connectivity index (χ4v) is 5.65. The Morgan fingerprint density at radius 2 is 1.84 bits per heavy atom. The van der Waals surface area contributed by atoms with Gasteiger partial charge in [0.1, 0.15) is 5.75 Å². The lowest BCUT2D eigenvalue weighted by Crippen LogP contribution is -2.40. The zero-order chi connectivity index (χ0) is 30.5. The number of aromatic amines is 2. The number of amides is 1. The van der Waals surface area contributed by atoms with Crippen LogP contribution in [-0.4, -0.2) is 57.0 Å². The van der Waals surface area contributed by atoms with Crippen LogP contribution in [0, 0.1) is 5.41 Å². The number of carbonyl (C=O) groups is 1. The molecule has 228 valence electrons. The van der Waals surface area contributed by atoms with E-state index in [4.69, 9.17) is 9.47 Å². The Bertz CT molecular complexity index is 1780. The third-order valence-corrected chi connectivity index (χ3v) is 7.77. The number of benzene rings is 2. The van der Waals surface area contributed by atoms with Crippen molar-refractivity contribution in [3.8, 4) is 22.8 Å². The topological polar surface area (TPSA) is 117 Å². The molecule has 44 heavy (non-hydrogen) atoms. The number of likely N-dealkylation sites (tertiary alicyclic amines) is 1. The van der Waals surface area contributed by atoms with Crippen LogP contribution in [0.15, 0.2) is 84.0 Å². The van der Waals surface area contributed by atoms with Crippen LogP contribution >= 0.6 is 0 Å². The van der Waals surface area contributed by atoms with Crippen molar-refractivity contribution in [1.29, 1.82) is 0 Å². The van der Waals surface area contributed by atoms with Gasteiger partial charge in [-0.1, -0.05) is 50.6 Å². The van der Waals surface area contributed by atoms with Crippen LogP contribution < -0.4 is 20.3 Å². The largest absolute Gasteiger partial charge is 0.493 e. The van der Waals surface area contributed by atoms with Gasteiger partial charge in [0.05, 0.1) is 42.5 Å². The number of anilines is 1. The molecule has 1 fully saturated rings. The Morgan fingerprint density at radius 1 is 1.02 bits per heavy atom. The summed E-state index contributed by atoms with van der Waals surface area (Å²) >= 11 is 0. The predicted octanol–water partition coefficient (Wildman–Crippen LogP) is 6.27. The molecule has 4 heterocycles. The van der Waals surface area contributed by atoms with Crippen molar-refractivity contribution in [1.82, 2.24) is 24.6 Å². The SMILES string of the molecule is CC(C)(COc1ccc2[nH]c(-c3cc(NC(=O)Oc4cnn(Cc5ccccc5)c4)c[nH]c3=O)cc2c1)CN1CCCCC1. The predicted molar refractivity (Wildman–Crippen MR) is 171 cm³/mol. The van der Waals surface area contributed by atoms with Crippen molar-refractivity contribution in [2.24, 2.45) is 5.41 Å². The summed E-state index contributed by atoms with van der Waals surface area (Å²) in [5.41, 5.74) is 3.11. The molecule has 0 saturated carbocycles. The van der Waals surface area contributed by atoms with E-state index in [1.54, 1.807) is 16.9 Å². The molecule has 10 heteroatoms. The molecule has 3 N–H and O–H groups in total. The summed E-state index contributed by atoms with van der Waals surface area (Å²) in [6, 6.07) is 19.3. The second-order valence-electron chi connectivity index (χ2n) is 12.2. The van der Waals surface area contributed by atoms with Crippen LogP contribution in [0.3, 0.4) is 0 Å². The summed E-state index contributed by atoms with van der Waals surface area (Å²) in [7, 11) is 0. The average Bonchev–Trinajstić information content (AvgIpc) is 3.64. The van der Waals surface area contributed by atoms with Crippen LogP contribution in [0.2, 0.25) is 0 Å². The Kier molecular flexibility index (Phi) is 8.51. The van der Waals surface area contributed by atoms with E-state index in [1.165, 1.54) is 44.7 Å². The summed E-state index contributed by atoms with van der Waals surface area (Å²) < 4.78 is 13.3. The van der Waals surface area contributed by atoms with E-state index in [0.717, 1.165) is 28.8 Å². The molecule has 0 spiro atoms. The molecule has 0 radical (unpaired) electrons. The number of piperidine rings is 1. The fraction of sp³-hybridized carbons (Fsp3) is 0.324. The van der Waals surface area contributed by atoms with Gasteiger partial charge in [-0.05, 0) is 61.8 Å². The minimum Gasteiger partial charge on any atom is -0.493 e. The lowest BCUT2D eigenvalue weighted by Gasteiger charge is -2.34. The molecule has 0 atom stereocenters. The van der Waals surface area contributed by atoms with E-state index in [-0.39, 0.29) is 11.0 Å². The first-order valence-electron chi connectivity index (χ1n) is 15.1. The van der Waals surface area contributed by atoms with Crippen molar-refractivity contribution in [2.45, 2.75) is 39.7 Å². The highest BCUT2D eigenvalue weighted by atomic mass is 16.6. The number of carbonyl (C=O) groups excluding carboxylic acids is 1. The van der Waals surface area contributed by atoms with E-state index >= 15 is 0 Å². The zero-order valence-corrected chi connectivity index (χ0v) is 25.1. The molecule has 10 nitrogen and oxygen atoms in total. The van der Waals surface area contributed by atoms with Gasteiger partial charge in [0.25, 0.3) is 5.56 Å². The van der Waals surface area contributed by atoms with Gasteiger partial charge in [-0.3, -0.25) is 14.8 Å². The van der Waals surface area contributed by atoms with Crippen LogP contribution in [0.25, 0.3) is 22.2 Å². The third-order valence-electron chi connectivity index (χ3n) is 7.77. The van der Waals surface area contributed by atoms with Crippen LogP contribution in [0.4, 0.5) is 10.5 Å². The Labute approximate surface area is 256 Å². The maximum Gasteiger partial charge on any atom is 0.417 e. The quantitative estimate of drug-likeness (QED) is 0.175. The smallest absolute Gasteiger partial charge is 0.417 e. The Morgan fingerprint density at radius 3 is 2.66 bits per heavy atom. The Hall–Kier alpha value is -4.83. The maximum atomic E-state index is 12.8. The van der Waals surface area contributed by atoms with Gasteiger partial charge in [0, 0.05) is 29.1 Å². The van der Waals surface area contributed by atoms with E-state index in [9.17, 15) is 9.59 Å². The number of H-pyrrole nitrogens is 2. The standard InChI is InChI=1S/C34H38N6O4/c1-34(2,22-39-13-7-4-8-14-39)23-43-27-11-12-30-25(15-27)16-31(38-30)29-17-26(18-35-32(29)41)37-33(42)44-28-19-36-40(21-28)20-24-9-5-3-6-10-24/h3,5-6,9-12,15-19,21,38H,4,7-8,13-14,20,22-23H2,1-2H3,(H,35,41)(H,37,42).